The Bertz CT molecular complexity index is 401. The highest BCUT2D eigenvalue weighted by Crippen LogP contribution is 2.20. The van der Waals surface area contributed by atoms with Gasteiger partial charge in [-0.3, -0.25) is 4.90 Å². The number of piperidine rings is 1. The second kappa shape index (κ2) is 6.71. The van der Waals surface area contributed by atoms with Gasteiger partial charge < -0.3 is 5.73 Å². The first-order valence-electron chi connectivity index (χ1n) is 5.98. The molecule has 1 aromatic rings. The molecule has 1 saturated heterocycles. The highest BCUT2D eigenvalue weighted by molar-refractivity contribution is 6.30. The lowest BCUT2D eigenvalue weighted by Crippen LogP contribution is -2.45. The van der Waals surface area contributed by atoms with Crippen LogP contribution in [0.15, 0.2) is 18.2 Å². The van der Waals surface area contributed by atoms with Gasteiger partial charge in [0, 0.05) is 29.7 Å². The van der Waals surface area contributed by atoms with E-state index in [0.717, 1.165) is 19.5 Å². The van der Waals surface area contributed by atoms with Crippen molar-refractivity contribution in [1.82, 2.24) is 4.90 Å². The number of likely N-dealkylation sites (tertiary alicyclic amines) is 1. The molecule has 0 aromatic heterocycles. The van der Waals surface area contributed by atoms with Crippen LogP contribution in [0.1, 0.15) is 18.9 Å². The molecule has 102 valence electrons. The number of halogens is 3. The van der Waals surface area contributed by atoms with Crippen LogP contribution in [0.5, 0.6) is 0 Å². The van der Waals surface area contributed by atoms with Crippen LogP contribution in [0.4, 0.5) is 4.39 Å². The minimum absolute atomic E-state index is 0. The van der Waals surface area contributed by atoms with Crippen molar-refractivity contribution in [2.24, 2.45) is 11.7 Å². The van der Waals surface area contributed by atoms with Crippen molar-refractivity contribution < 1.29 is 4.39 Å². The van der Waals surface area contributed by atoms with Crippen molar-refractivity contribution in [2.75, 3.05) is 13.1 Å². The fourth-order valence-corrected chi connectivity index (χ4v) is 2.44. The molecule has 0 amide bonds. The molecule has 0 saturated carbocycles. The third kappa shape index (κ3) is 3.82. The van der Waals surface area contributed by atoms with Gasteiger partial charge in [0.2, 0.25) is 0 Å². The molecule has 0 spiro atoms. The number of nitrogens with zero attached hydrogens (tertiary/aromatic N) is 1. The molecule has 2 nitrogen and oxygen atoms in total. The lowest BCUT2D eigenvalue weighted by Gasteiger charge is -2.35. The third-order valence-corrected chi connectivity index (χ3v) is 3.70. The summed E-state index contributed by atoms with van der Waals surface area (Å²) in [4.78, 5) is 2.25. The fourth-order valence-electron chi connectivity index (χ4n) is 2.28. The van der Waals surface area contributed by atoms with Crippen LogP contribution in [0, 0.1) is 11.7 Å². The topological polar surface area (TPSA) is 29.3 Å². The van der Waals surface area contributed by atoms with Crippen LogP contribution in [0.25, 0.3) is 0 Å². The summed E-state index contributed by atoms with van der Waals surface area (Å²) in [5, 5.41) is 0.445. The molecule has 0 aliphatic carbocycles. The van der Waals surface area contributed by atoms with Crippen molar-refractivity contribution in [2.45, 2.75) is 25.9 Å². The van der Waals surface area contributed by atoms with Crippen LogP contribution in [-0.2, 0) is 6.54 Å². The van der Waals surface area contributed by atoms with E-state index in [9.17, 15) is 4.39 Å². The average Bonchev–Trinajstić information content (AvgIpc) is 2.27. The Labute approximate surface area is 119 Å². The molecule has 2 unspecified atom stereocenters. The highest BCUT2D eigenvalue weighted by Gasteiger charge is 2.23. The number of benzene rings is 1. The predicted octanol–water partition coefficient (Wildman–Crippen LogP) is 3.07. The zero-order valence-corrected chi connectivity index (χ0v) is 12.0. The molecule has 1 aliphatic rings. The van der Waals surface area contributed by atoms with E-state index in [0.29, 0.717) is 23.0 Å². The summed E-state index contributed by atoms with van der Waals surface area (Å²) in [5.41, 5.74) is 6.67. The van der Waals surface area contributed by atoms with E-state index < -0.39 is 0 Å². The first-order chi connectivity index (χ1) is 8.06. The Morgan fingerprint density at radius 3 is 2.83 bits per heavy atom. The molecule has 1 aromatic carbocycles. The zero-order chi connectivity index (χ0) is 12.4. The average molecular weight is 293 g/mol. The minimum Gasteiger partial charge on any atom is -0.327 e. The second-order valence-electron chi connectivity index (χ2n) is 4.90. The van der Waals surface area contributed by atoms with Gasteiger partial charge in [0.25, 0.3) is 0 Å². The van der Waals surface area contributed by atoms with E-state index in [1.54, 1.807) is 12.1 Å². The lowest BCUT2D eigenvalue weighted by molar-refractivity contribution is 0.156. The van der Waals surface area contributed by atoms with Crippen molar-refractivity contribution >= 4 is 24.0 Å². The minimum atomic E-state index is -0.222. The number of rotatable bonds is 2. The molecule has 1 aliphatic heterocycles. The van der Waals surface area contributed by atoms with Crippen molar-refractivity contribution in [3.63, 3.8) is 0 Å². The van der Waals surface area contributed by atoms with Gasteiger partial charge in [-0.05, 0) is 31.0 Å². The Balaban J connectivity index is 0.00000162. The molecular formula is C13H19Cl2FN2. The molecule has 0 radical (unpaired) electrons. The summed E-state index contributed by atoms with van der Waals surface area (Å²) < 4.78 is 13.6. The molecule has 18 heavy (non-hydrogen) atoms. The molecule has 1 heterocycles. The number of nitrogens with two attached hydrogens (primary N) is 1. The van der Waals surface area contributed by atoms with Gasteiger partial charge in [0.15, 0.2) is 0 Å². The quantitative estimate of drug-likeness (QED) is 0.908. The summed E-state index contributed by atoms with van der Waals surface area (Å²) in [5.74, 6) is 0.249. The SMILES string of the molecule is CC1CN(Cc2ccc(Cl)cc2F)CCC1N.Cl. The Hall–Kier alpha value is -0.350. The van der Waals surface area contributed by atoms with Gasteiger partial charge in [-0.25, -0.2) is 4.39 Å². The van der Waals surface area contributed by atoms with E-state index in [1.165, 1.54) is 6.07 Å². The van der Waals surface area contributed by atoms with Crippen LogP contribution in [-0.4, -0.2) is 24.0 Å². The van der Waals surface area contributed by atoms with Gasteiger partial charge in [-0.2, -0.15) is 0 Å². The first-order valence-corrected chi connectivity index (χ1v) is 6.36. The van der Waals surface area contributed by atoms with Gasteiger partial charge in [0.05, 0.1) is 0 Å². The van der Waals surface area contributed by atoms with Gasteiger partial charge in [-0.15, -0.1) is 12.4 Å². The number of hydrogen-bond acceptors (Lipinski definition) is 2. The van der Waals surface area contributed by atoms with Crippen LogP contribution in [0.3, 0.4) is 0 Å². The second-order valence-corrected chi connectivity index (χ2v) is 5.34. The van der Waals surface area contributed by atoms with E-state index in [2.05, 4.69) is 11.8 Å². The maximum Gasteiger partial charge on any atom is 0.129 e. The Morgan fingerprint density at radius 2 is 2.22 bits per heavy atom. The van der Waals surface area contributed by atoms with Gasteiger partial charge >= 0.3 is 0 Å². The molecule has 2 rings (SSSR count). The van der Waals surface area contributed by atoms with Crippen molar-refractivity contribution in [3.05, 3.63) is 34.6 Å². The van der Waals surface area contributed by atoms with E-state index in [4.69, 9.17) is 17.3 Å². The highest BCUT2D eigenvalue weighted by atomic mass is 35.5. The maximum atomic E-state index is 13.6. The molecular weight excluding hydrogens is 274 g/mol. The maximum absolute atomic E-state index is 13.6. The Kier molecular flexibility index (Phi) is 5.86. The summed E-state index contributed by atoms with van der Waals surface area (Å²) >= 11 is 5.73. The van der Waals surface area contributed by atoms with E-state index in [1.807, 2.05) is 0 Å². The third-order valence-electron chi connectivity index (χ3n) is 3.46. The van der Waals surface area contributed by atoms with Crippen molar-refractivity contribution in [1.29, 1.82) is 0 Å². The summed E-state index contributed by atoms with van der Waals surface area (Å²) in [6.07, 6.45) is 0.983. The molecule has 2 atom stereocenters. The Morgan fingerprint density at radius 1 is 1.50 bits per heavy atom. The lowest BCUT2D eigenvalue weighted by atomic mass is 9.94. The van der Waals surface area contributed by atoms with Crippen LogP contribution in [0.2, 0.25) is 5.02 Å². The molecule has 2 N–H and O–H groups in total. The van der Waals surface area contributed by atoms with Gasteiger partial charge in [-0.1, -0.05) is 24.6 Å². The fraction of sp³-hybridized carbons (Fsp3) is 0.538. The molecule has 5 heteroatoms. The summed E-state index contributed by atoms with van der Waals surface area (Å²) in [7, 11) is 0. The predicted molar refractivity (Wildman–Crippen MR) is 75.7 cm³/mol. The van der Waals surface area contributed by atoms with Gasteiger partial charge in [0.1, 0.15) is 5.82 Å². The number of hydrogen-bond donors (Lipinski definition) is 1. The van der Waals surface area contributed by atoms with Crippen LogP contribution < -0.4 is 5.73 Å². The summed E-state index contributed by atoms with van der Waals surface area (Å²) in [6, 6.07) is 5.15. The normalized spacial score (nSPS) is 24.7. The monoisotopic (exact) mass is 292 g/mol. The zero-order valence-electron chi connectivity index (χ0n) is 10.4. The summed E-state index contributed by atoms with van der Waals surface area (Å²) in [6.45, 7) is 4.66. The smallest absolute Gasteiger partial charge is 0.129 e. The largest absolute Gasteiger partial charge is 0.327 e. The van der Waals surface area contributed by atoms with Crippen LogP contribution >= 0.6 is 24.0 Å². The van der Waals surface area contributed by atoms with E-state index >= 15 is 0 Å². The standard InChI is InChI=1S/C13H18ClFN2.ClH/c1-9-7-17(5-4-13(9)16)8-10-2-3-11(14)6-12(10)15;/h2-3,6,9,13H,4-5,7-8,16H2,1H3;1H. The molecule has 0 bridgehead atoms. The van der Waals surface area contributed by atoms with Crippen molar-refractivity contribution in [3.8, 4) is 0 Å². The van der Waals surface area contributed by atoms with E-state index in [-0.39, 0.29) is 24.3 Å². The first kappa shape index (κ1) is 15.7. The molecule has 1 fully saturated rings.